The first-order valence-corrected chi connectivity index (χ1v) is 8.27. The monoisotopic (exact) mass is 325 g/mol. The Morgan fingerprint density at radius 1 is 1.10 bits per heavy atom. The van der Waals surface area contributed by atoms with Crippen molar-refractivity contribution in [2.75, 3.05) is 13.7 Å². The lowest BCUT2D eigenvalue weighted by Crippen LogP contribution is -2.26. The molecule has 0 radical (unpaired) electrons. The molecule has 2 aromatic rings. The van der Waals surface area contributed by atoms with Gasteiger partial charge in [-0.05, 0) is 30.2 Å². The van der Waals surface area contributed by atoms with Gasteiger partial charge in [0, 0.05) is 6.54 Å². The maximum absolute atomic E-state index is 12.2. The van der Waals surface area contributed by atoms with E-state index in [0.717, 1.165) is 11.3 Å². The normalized spacial score (nSPS) is 11.3. The molecule has 21 heavy (non-hydrogen) atoms. The highest BCUT2D eigenvalue weighted by Crippen LogP contribution is 2.21. The summed E-state index contributed by atoms with van der Waals surface area (Å²) in [5.74, 6) is 0.745. The molecule has 4 nitrogen and oxygen atoms in total. The van der Waals surface area contributed by atoms with Gasteiger partial charge in [-0.25, -0.2) is 13.1 Å². The number of nitrogens with one attached hydrogen (secondary N) is 1. The molecule has 0 aliphatic rings. The molecule has 1 N–H and O–H groups in total. The Bertz CT molecular complexity index is 716. The van der Waals surface area contributed by atoms with E-state index in [1.54, 1.807) is 25.3 Å². The first kappa shape index (κ1) is 15.8. The van der Waals surface area contributed by atoms with E-state index >= 15 is 0 Å². The van der Waals surface area contributed by atoms with Crippen molar-refractivity contribution in [1.82, 2.24) is 4.72 Å². The number of sulfonamides is 1. The van der Waals surface area contributed by atoms with Gasteiger partial charge in [-0.2, -0.15) is 0 Å². The average molecular weight is 326 g/mol. The number of hydrogen-bond donors (Lipinski definition) is 1. The SMILES string of the molecule is COc1ccccc1CCNS(=O)(=O)c1ccccc1Cl. The maximum Gasteiger partial charge on any atom is 0.242 e. The highest BCUT2D eigenvalue weighted by atomic mass is 35.5. The molecule has 0 fully saturated rings. The topological polar surface area (TPSA) is 55.4 Å². The van der Waals surface area contributed by atoms with E-state index in [0.29, 0.717) is 6.42 Å². The van der Waals surface area contributed by atoms with Crippen molar-refractivity contribution < 1.29 is 13.2 Å². The summed E-state index contributed by atoms with van der Waals surface area (Å²) < 4.78 is 32.1. The van der Waals surface area contributed by atoms with E-state index in [9.17, 15) is 8.42 Å². The van der Waals surface area contributed by atoms with Crippen molar-refractivity contribution in [3.8, 4) is 5.75 Å². The van der Waals surface area contributed by atoms with Crippen LogP contribution in [0, 0.1) is 0 Å². The Hall–Kier alpha value is -1.56. The van der Waals surface area contributed by atoms with Crippen LogP contribution in [0.3, 0.4) is 0 Å². The number of para-hydroxylation sites is 1. The van der Waals surface area contributed by atoms with Gasteiger partial charge in [0.25, 0.3) is 0 Å². The quantitative estimate of drug-likeness (QED) is 0.888. The van der Waals surface area contributed by atoms with Gasteiger partial charge in [-0.1, -0.05) is 41.9 Å². The Morgan fingerprint density at radius 2 is 1.76 bits per heavy atom. The molecule has 0 aromatic heterocycles. The summed E-state index contributed by atoms with van der Waals surface area (Å²) in [5, 5.41) is 0.210. The van der Waals surface area contributed by atoms with E-state index in [2.05, 4.69) is 4.72 Å². The third-order valence-electron chi connectivity index (χ3n) is 3.01. The summed E-state index contributed by atoms with van der Waals surface area (Å²) in [5.41, 5.74) is 0.946. The first-order valence-electron chi connectivity index (χ1n) is 6.40. The van der Waals surface area contributed by atoms with Crippen molar-refractivity contribution in [2.45, 2.75) is 11.3 Å². The molecule has 0 saturated carbocycles. The summed E-state index contributed by atoms with van der Waals surface area (Å²) in [6, 6.07) is 13.9. The van der Waals surface area contributed by atoms with Gasteiger partial charge in [0.05, 0.1) is 12.1 Å². The van der Waals surface area contributed by atoms with E-state index in [1.807, 2.05) is 24.3 Å². The zero-order valence-corrected chi connectivity index (χ0v) is 13.1. The second-order valence-corrected chi connectivity index (χ2v) is 6.53. The predicted molar refractivity (Wildman–Crippen MR) is 83.3 cm³/mol. The number of halogens is 1. The van der Waals surface area contributed by atoms with Crippen molar-refractivity contribution >= 4 is 21.6 Å². The minimum absolute atomic E-state index is 0.0895. The molecule has 0 saturated heterocycles. The number of rotatable bonds is 6. The standard InChI is InChI=1S/C15H16ClNO3S/c1-20-14-8-4-2-6-12(14)10-11-17-21(18,19)15-9-5-3-7-13(15)16/h2-9,17H,10-11H2,1H3. The molecule has 0 amide bonds. The third kappa shape index (κ3) is 3.97. The van der Waals surface area contributed by atoms with E-state index in [1.165, 1.54) is 6.07 Å². The number of methoxy groups -OCH3 is 1. The Morgan fingerprint density at radius 3 is 2.48 bits per heavy atom. The summed E-state index contributed by atoms with van der Waals surface area (Å²) in [6.45, 7) is 0.272. The first-order chi connectivity index (χ1) is 10.0. The van der Waals surface area contributed by atoms with Gasteiger partial charge in [-0.3, -0.25) is 0 Å². The fourth-order valence-corrected chi connectivity index (χ4v) is 3.52. The molecule has 0 heterocycles. The maximum atomic E-state index is 12.2. The van der Waals surface area contributed by atoms with Crippen molar-refractivity contribution in [3.63, 3.8) is 0 Å². The lowest BCUT2D eigenvalue weighted by atomic mass is 10.1. The second kappa shape index (κ2) is 6.93. The number of benzene rings is 2. The molecule has 2 rings (SSSR count). The van der Waals surface area contributed by atoms with Gasteiger partial charge >= 0.3 is 0 Å². The van der Waals surface area contributed by atoms with E-state index < -0.39 is 10.0 Å². The molecule has 0 unspecified atom stereocenters. The molecule has 0 atom stereocenters. The lowest BCUT2D eigenvalue weighted by molar-refractivity contribution is 0.409. The third-order valence-corrected chi connectivity index (χ3v) is 4.97. The molecule has 0 aliphatic heterocycles. The largest absolute Gasteiger partial charge is 0.496 e. The van der Waals surface area contributed by atoms with Gasteiger partial charge in [-0.15, -0.1) is 0 Å². The summed E-state index contributed by atoms with van der Waals surface area (Å²) in [6.07, 6.45) is 0.535. The predicted octanol–water partition coefficient (Wildman–Crippen LogP) is 2.87. The smallest absolute Gasteiger partial charge is 0.242 e. The second-order valence-electron chi connectivity index (χ2n) is 4.39. The Labute approximate surface area is 129 Å². The Balaban J connectivity index is 2.05. The van der Waals surface area contributed by atoms with Crippen LogP contribution in [-0.4, -0.2) is 22.1 Å². The minimum atomic E-state index is -3.60. The van der Waals surface area contributed by atoms with E-state index in [4.69, 9.17) is 16.3 Å². The molecule has 112 valence electrons. The average Bonchev–Trinajstić information content (AvgIpc) is 2.48. The van der Waals surface area contributed by atoms with Crippen LogP contribution in [0.25, 0.3) is 0 Å². The van der Waals surface area contributed by atoms with Gasteiger partial charge in [0.15, 0.2) is 0 Å². The van der Waals surface area contributed by atoms with Crippen molar-refractivity contribution in [1.29, 1.82) is 0 Å². The zero-order chi connectivity index (χ0) is 15.3. The van der Waals surface area contributed by atoms with Gasteiger partial charge in [0.2, 0.25) is 10.0 Å². The zero-order valence-electron chi connectivity index (χ0n) is 11.5. The fourth-order valence-electron chi connectivity index (χ4n) is 1.97. The van der Waals surface area contributed by atoms with Crippen LogP contribution in [-0.2, 0) is 16.4 Å². The summed E-state index contributed by atoms with van der Waals surface area (Å²) in [7, 11) is -2.01. The van der Waals surface area contributed by atoms with Crippen LogP contribution in [0.4, 0.5) is 0 Å². The highest BCUT2D eigenvalue weighted by Gasteiger charge is 2.16. The molecular weight excluding hydrogens is 310 g/mol. The van der Waals surface area contributed by atoms with Gasteiger partial charge < -0.3 is 4.74 Å². The molecule has 0 spiro atoms. The van der Waals surface area contributed by atoms with Crippen molar-refractivity contribution in [2.24, 2.45) is 0 Å². The van der Waals surface area contributed by atoms with Crippen molar-refractivity contribution in [3.05, 3.63) is 59.1 Å². The van der Waals surface area contributed by atoms with E-state index in [-0.39, 0.29) is 16.5 Å². The fraction of sp³-hybridized carbons (Fsp3) is 0.200. The molecule has 0 bridgehead atoms. The van der Waals surface area contributed by atoms with Crippen LogP contribution in [0.2, 0.25) is 5.02 Å². The molecule has 6 heteroatoms. The highest BCUT2D eigenvalue weighted by molar-refractivity contribution is 7.89. The van der Waals surface area contributed by atoms with Crippen LogP contribution < -0.4 is 9.46 Å². The number of ether oxygens (including phenoxy) is 1. The minimum Gasteiger partial charge on any atom is -0.496 e. The Kier molecular flexibility index (Phi) is 5.22. The lowest BCUT2D eigenvalue weighted by Gasteiger charge is -2.10. The molecule has 0 aliphatic carbocycles. The summed E-state index contributed by atoms with van der Waals surface area (Å²) >= 11 is 5.91. The van der Waals surface area contributed by atoms with Crippen LogP contribution in [0.15, 0.2) is 53.4 Å². The summed E-state index contributed by atoms with van der Waals surface area (Å²) in [4.78, 5) is 0.0895. The van der Waals surface area contributed by atoms with Crippen LogP contribution in [0.5, 0.6) is 5.75 Å². The van der Waals surface area contributed by atoms with Crippen LogP contribution >= 0.6 is 11.6 Å². The van der Waals surface area contributed by atoms with Gasteiger partial charge in [0.1, 0.15) is 10.6 Å². The number of hydrogen-bond acceptors (Lipinski definition) is 3. The van der Waals surface area contributed by atoms with Crippen LogP contribution in [0.1, 0.15) is 5.56 Å². The molecule has 2 aromatic carbocycles. The molecular formula is C15H16ClNO3S.